The van der Waals surface area contributed by atoms with Gasteiger partial charge in [0.2, 0.25) is 5.89 Å². The highest BCUT2D eigenvalue weighted by Gasteiger charge is 2.31. The van der Waals surface area contributed by atoms with Gasteiger partial charge in [-0.15, -0.1) is 11.3 Å². The van der Waals surface area contributed by atoms with Gasteiger partial charge in [0.05, 0.1) is 12.2 Å². The van der Waals surface area contributed by atoms with Gasteiger partial charge in [-0.1, -0.05) is 23.8 Å². The Labute approximate surface area is 188 Å². The van der Waals surface area contributed by atoms with Crippen LogP contribution < -0.4 is 10.6 Å². The summed E-state index contributed by atoms with van der Waals surface area (Å²) >= 11 is 1.85. The SMILES string of the molecule is CN=C(NCc1coc(-c2ccc(C)cc2)n1)NCC1CCCN(C)C1c1cccs1. The number of aliphatic imine (C=N–C) groups is 1. The molecule has 3 aromatic rings. The summed E-state index contributed by atoms with van der Waals surface area (Å²) in [6, 6.07) is 13.1. The van der Waals surface area contributed by atoms with Crippen LogP contribution in [0, 0.1) is 12.8 Å². The lowest BCUT2D eigenvalue weighted by Crippen LogP contribution is -2.44. The Kier molecular flexibility index (Phi) is 7.04. The average Bonchev–Trinajstić information content (AvgIpc) is 3.47. The summed E-state index contributed by atoms with van der Waals surface area (Å²) in [6.07, 6.45) is 4.16. The molecular formula is C24H31N5OS. The molecule has 0 aliphatic carbocycles. The largest absolute Gasteiger partial charge is 0.444 e. The Bertz CT molecular complexity index is 980. The smallest absolute Gasteiger partial charge is 0.226 e. The summed E-state index contributed by atoms with van der Waals surface area (Å²) < 4.78 is 5.66. The lowest BCUT2D eigenvalue weighted by atomic mass is 9.88. The summed E-state index contributed by atoms with van der Waals surface area (Å²) in [6.45, 7) is 4.68. The standard InChI is InChI=1S/C24H31N5OS/c1-17-8-10-18(11-9-17)23-28-20(16-30-23)15-27-24(25-2)26-14-19-6-4-12-29(3)22(19)21-7-5-13-31-21/h5,7-11,13,16,19,22H,4,6,12,14-15H2,1-3H3,(H2,25,26,27). The van der Waals surface area contributed by atoms with Gasteiger partial charge >= 0.3 is 0 Å². The van der Waals surface area contributed by atoms with Crippen molar-refractivity contribution >= 4 is 17.3 Å². The minimum absolute atomic E-state index is 0.465. The van der Waals surface area contributed by atoms with Gasteiger partial charge in [-0.3, -0.25) is 9.89 Å². The van der Waals surface area contributed by atoms with Gasteiger partial charge in [0.15, 0.2) is 5.96 Å². The first-order valence-corrected chi connectivity index (χ1v) is 11.7. The molecule has 7 heteroatoms. The molecule has 0 saturated carbocycles. The zero-order valence-electron chi connectivity index (χ0n) is 18.5. The van der Waals surface area contributed by atoms with Crippen molar-refractivity contribution in [2.24, 2.45) is 10.9 Å². The van der Waals surface area contributed by atoms with Crippen LogP contribution in [0.1, 0.15) is 35.0 Å². The molecule has 1 aliphatic rings. The second-order valence-corrected chi connectivity index (χ2v) is 9.14. The Morgan fingerprint density at radius 2 is 2.10 bits per heavy atom. The predicted octanol–water partition coefficient (Wildman–Crippen LogP) is 4.46. The normalized spacial score (nSPS) is 20.0. The van der Waals surface area contributed by atoms with E-state index in [1.165, 1.54) is 23.3 Å². The molecule has 0 amide bonds. The second-order valence-electron chi connectivity index (χ2n) is 8.16. The van der Waals surface area contributed by atoms with E-state index in [4.69, 9.17) is 4.42 Å². The fraction of sp³-hybridized carbons (Fsp3) is 0.417. The highest BCUT2D eigenvalue weighted by atomic mass is 32.1. The topological polar surface area (TPSA) is 65.7 Å². The summed E-state index contributed by atoms with van der Waals surface area (Å²) in [5.41, 5.74) is 3.06. The molecule has 1 aliphatic heterocycles. The Hall–Kier alpha value is -2.64. The van der Waals surface area contributed by atoms with Crippen LogP contribution in [-0.4, -0.2) is 43.0 Å². The van der Waals surface area contributed by atoms with Crippen LogP contribution in [-0.2, 0) is 6.54 Å². The maximum Gasteiger partial charge on any atom is 0.226 e. The summed E-state index contributed by atoms with van der Waals surface area (Å²) in [7, 11) is 4.04. The zero-order chi connectivity index (χ0) is 21.6. The monoisotopic (exact) mass is 437 g/mol. The van der Waals surface area contributed by atoms with Crippen molar-refractivity contribution in [3.63, 3.8) is 0 Å². The van der Waals surface area contributed by atoms with Crippen molar-refractivity contribution < 1.29 is 4.42 Å². The number of likely N-dealkylation sites (tertiary alicyclic amines) is 1. The van der Waals surface area contributed by atoms with Gasteiger partial charge in [-0.2, -0.15) is 0 Å². The zero-order valence-corrected chi connectivity index (χ0v) is 19.3. The molecule has 0 radical (unpaired) electrons. The van der Waals surface area contributed by atoms with Crippen LogP contribution in [0.4, 0.5) is 0 Å². The van der Waals surface area contributed by atoms with Crippen molar-refractivity contribution in [2.75, 3.05) is 27.2 Å². The van der Waals surface area contributed by atoms with E-state index in [2.05, 4.69) is 69.1 Å². The van der Waals surface area contributed by atoms with Crippen molar-refractivity contribution in [3.05, 3.63) is 64.2 Å². The van der Waals surface area contributed by atoms with E-state index >= 15 is 0 Å². The molecule has 0 spiro atoms. The van der Waals surface area contributed by atoms with Gasteiger partial charge in [0.1, 0.15) is 6.26 Å². The molecule has 0 bridgehead atoms. The van der Waals surface area contributed by atoms with Crippen molar-refractivity contribution in [1.82, 2.24) is 20.5 Å². The van der Waals surface area contributed by atoms with E-state index in [0.717, 1.165) is 30.3 Å². The Morgan fingerprint density at radius 3 is 2.84 bits per heavy atom. The fourth-order valence-corrected chi connectivity index (χ4v) is 5.21. The highest BCUT2D eigenvalue weighted by molar-refractivity contribution is 7.10. The predicted molar refractivity (Wildman–Crippen MR) is 127 cm³/mol. The number of nitrogens with zero attached hydrogens (tertiary/aromatic N) is 3. The third-order valence-corrected chi connectivity index (χ3v) is 6.83. The van der Waals surface area contributed by atoms with Crippen LogP contribution in [0.3, 0.4) is 0 Å². The number of thiophene rings is 1. The number of guanidine groups is 1. The lowest BCUT2D eigenvalue weighted by Gasteiger charge is -2.39. The minimum Gasteiger partial charge on any atom is -0.444 e. The average molecular weight is 438 g/mol. The molecular weight excluding hydrogens is 406 g/mol. The number of aromatic nitrogens is 1. The van der Waals surface area contributed by atoms with E-state index in [9.17, 15) is 0 Å². The van der Waals surface area contributed by atoms with E-state index < -0.39 is 0 Å². The number of nitrogens with one attached hydrogen (secondary N) is 2. The molecule has 2 N–H and O–H groups in total. The van der Waals surface area contributed by atoms with Crippen LogP contribution in [0.25, 0.3) is 11.5 Å². The summed E-state index contributed by atoms with van der Waals surface area (Å²) in [4.78, 5) is 12.9. The molecule has 2 aromatic heterocycles. The number of hydrogen-bond donors (Lipinski definition) is 2. The van der Waals surface area contributed by atoms with Gasteiger partial charge in [-0.25, -0.2) is 4.98 Å². The second kappa shape index (κ2) is 10.1. The van der Waals surface area contributed by atoms with Crippen LogP contribution >= 0.6 is 11.3 Å². The molecule has 31 heavy (non-hydrogen) atoms. The number of rotatable bonds is 6. The van der Waals surface area contributed by atoms with Crippen molar-refractivity contribution in [1.29, 1.82) is 0 Å². The van der Waals surface area contributed by atoms with Crippen molar-refractivity contribution in [3.8, 4) is 11.5 Å². The van der Waals surface area contributed by atoms with Gasteiger partial charge in [0, 0.05) is 30.1 Å². The minimum atomic E-state index is 0.465. The van der Waals surface area contributed by atoms with Gasteiger partial charge in [0.25, 0.3) is 0 Å². The molecule has 1 saturated heterocycles. The van der Waals surface area contributed by atoms with Crippen LogP contribution in [0.2, 0.25) is 0 Å². The quantitative estimate of drug-likeness (QED) is 0.440. The lowest BCUT2D eigenvalue weighted by molar-refractivity contribution is 0.125. The fourth-order valence-electron chi connectivity index (χ4n) is 4.22. The third-order valence-electron chi connectivity index (χ3n) is 5.88. The van der Waals surface area contributed by atoms with Gasteiger partial charge in [-0.05, 0) is 62.9 Å². The molecule has 2 unspecified atom stereocenters. The molecule has 1 fully saturated rings. The molecule has 2 atom stereocenters. The number of hydrogen-bond acceptors (Lipinski definition) is 5. The number of benzene rings is 1. The summed E-state index contributed by atoms with van der Waals surface area (Å²) in [5.74, 6) is 1.98. The number of piperidine rings is 1. The van der Waals surface area contributed by atoms with Crippen LogP contribution in [0.15, 0.2) is 57.5 Å². The molecule has 6 nitrogen and oxygen atoms in total. The number of aryl methyl sites for hydroxylation is 1. The molecule has 3 heterocycles. The first kappa shape index (κ1) is 21.6. The van der Waals surface area contributed by atoms with Crippen molar-refractivity contribution in [2.45, 2.75) is 32.4 Å². The molecule has 4 rings (SSSR count). The van der Waals surface area contributed by atoms with E-state index in [1.54, 1.807) is 13.3 Å². The van der Waals surface area contributed by atoms with E-state index in [0.29, 0.717) is 24.4 Å². The maximum absolute atomic E-state index is 5.66. The van der Waals surface area contributed by atoms with E-state index in [-0.39, 0.29) is 0 Å². The Morgan fingerprint density at radius 1 is 1.26 bits per heavy atom. The first-order chi connectivity index (χ1) is 15.1. The van der Waals surface area contributed by atoms with Gasteiger partial charge < -0.3 is 15.1 Å². The Balaban J connectivity index is 1.32. The van der Waals surface area contributed by atoms with E-state index in [1.807, 2.05) is 23.5 Å². The highest BCUT2D eigenvalue weighted by Crippen LogP contribution is 2.36. The van der Waals surface area contributed by atoms with Crippen LogP contribution in [0.5, 0.6) is 0 Å². The molecule has 164 valence electrons. The third kappa shape index (κ3) is 5.35. The number of oxazole rings is 1. The molecule has 1 aromatic carbocycles. The maximum atomic E-state index is 5.66. The summed E-state index contributed by atoms with van der Waals surface area (Å²) in [5, 5.41) is 9.06. The first-order valence-electron chi connectivity index (χ1n) is 10.8.